The Balaban J connectivity index is 1.54. The Morgan fingerprint density at radius 1 is 1.07 bits per heavy atom. The summed E-state index contributed by atoms with van der Waals surface area (Å²) in [7, 11) is 3.22. The molecule has 1 amide bonds. The molecule has 2 aromatic heterocycles. The van der Waals surface area contributed by atoms with Crippen molar-refractivity contribution < 1.29 is 14.3 Å². The first-order valence-corrected chi connectivity index (χ1v) is 8.56. The van der Waals surface area contributed by atoms with Gasteiger partial charge in [-0.05, 0) is 47.9 Å². The molecule has 8 nitrogen and oxygen atoms in total. The highest BCUT2D eigenvalue weighted by atomic mass is 16.5. The van der Waals surface area contributed by atoms with Crippen LogP contribution in [-0.4, -0.2) is 51.5 Å². The molecule has 1 aliphatic rings. The van der Waals surface area contributed by atoms with E-state index in [1.54, 1.807) is 54.4 Å². The van der Waals surface area contributed by atoms with E-state index in [9.17, 15) is 4.79 Å². The van der Waals surface area contributed by atoms with Crippen LogP contribution in [-0.2, 0) is 13.0 Å². The Kier molecular flexibility index (Phi) is 4.45. The van der Waals surface area contributed by atoms with Crippen LogP contribution >= 0.6 is 0 Å². The molecule has 3 aromatic rings. The molecule has 0 spiro atoms. The minimum Gasteiger partial charge on any atom is -0.493 e. The molecule has 0 fully saturated rings. The molecule has 27 heavy (non-hydrogen) atoms. The van der Waals surface area contributed by atoms with Crippen LogP contribution in [0.5, 0.6) is 11.5 Å². The van der Waals surface area contributed by atoms with Gasteiger partial charge in [-0.3, -0.25) is 4.79 Å². The maximum Gasteiger partial charge on any atom is 0.274 e. The lowest BCUT2D eigenvalue weighted by Gasteiger charge is -2.29. The molecule has 0 atom stereocenters. The summed E-state index contributed by atoms with van der Waals surface area (Å²) in [6.07, 6.45) is 4.18. The fraction of sp³-hybridized carbons (Fsp3) is 0.263. The zero-order chi connectivity index (χ0) is 18.8. The first-order valence-electron chi connectivity index (χ1n) is 8.56. The maximum atomic E-state index is 12.8. The minimum absolute atomic E-state index is 0.144. The molecule has 138 valence electrons. The number of carbonyl (C=O) groups excluding carboxylic acids is 1. The predicted octanol–water partition coefficient (Wildman–Crippen LogP) is 1.88. The van der Waals surface area contributed by atoms with Gasteiger partial charge in [-0.2, -0.15) is 5.10 Å². The van der Waals surface area contributed by atoms with E-state index >= 15 is 0 Å². The van der Waals surface area contributed by atoms with Crippen LogP contribution in [0.2, 0.25) is 0 Å². The van der Waals surface area contributed by atoms with E-state index in [2.05, 4.69) is 15.3 Å². The van der Waals surface area contributed by atoms with Crippen LogP contribution in [0.3, 0.4) is 0 Å². The lowest BCUT2D eigenvalue weighted by Crippen LogP contribution is -2.36. The highest BCUT2D eigenvalue weighted by Gasteiger charge is 2.24. The van der Waals surface area contributed by atoms with Gasteiger partial charge in [0.25, 0.3) is 5.91 Å². The van der Waals surface area contributed by atoms with E-state index in [0.29, 0.717) is 36.1 Å². The van der Waals surface area contributed by atoms with Gasteiger partial charge in [0, 0.05) is 25.5 Å². The monoisotopic (exact) mass is 365 g/mol. The molecule has 3 heterocycles. The first kappa shape index (κ1) is 17.0. The summed E-state index contributed by atoms with van der Waals surface area (Å²) in [5, 5.41) is 12.3. The summed E-state index contributed by atoms with van der Waals surface area (Å²) >= 11 is 0. The Morgan fingerprint density at radius 2 is 1.85 bits per heavy atom. The van der Waals surface area contributed by atoms with Gasteiger partial charge in [0.15, 0.2) is 23.0 Å². The maximum absolute atomic E-state index is 12.8. The molecule has 0 aliphatic carbocycles. The van der Waals surface area contributed by atoms with Gasteiger partial charge < -0.3 is 14.4 Å². The third-order valence-corrected chi connectivity index (χ3v) is 4.61. The van der Waals surface area contributed by atoms with E-state index in [1.165, 1.54) is 0 Å². The van der Waals surface area contributed by atoms with Crippen LogP contribution in [0.4, 0.5) is 0 Å². The van der Waals surface area contributed by atoms with Crippen molar-refractivity contribution in [1.82, 2.24) is 24.9 Å². The summed E-state index contributed by atoms with van der Waals surface area (Å²) < 4.78 is 12.3. The van der Waals surface area contributed by atoms with E-state index < -0.39 is 0 Å². The average molecular weight is 365 g/mol. The molecule has 1 aromatic carbocycles. The average Bonchev–Trinajstić information content (AvgIpc) is 3.26. The van der Waals surface area contributed by atoms with Gasteiger partial charge >= 0.3 is 0 Å². The van der Waals surface area contributed by atoms with Gasteiger partial charge in [0.1, 0.15) is 0 Å². The lowest BCUT2D eigenvalue weighted by molar-refractivity contribution is 0.0727. The number of methoxy groups -OCH3 is 2. The summed E-state index contributed by atoms with van der Waals surface area (Å²) in [5.74, 6) is 1.79. The number of benzene rings is 1. The number of hydrogen-bond donors (Lipinski definition) is 0. The Bertz CT molecular complexity index is 954. The van der Waals surface area contributed by atoms with Gasteiger partial charge in [0.05, 0.1) is 14.2 Å². The summed E-state index contributed by atoms with van der Waals surface area (Å²) in [6.45, 7) is 1.11. The van der Waals surface area contributed by atoms with Crippen molar-refractivity contribution in [3.05, 3.63) is 59.5 Å². The molecular formula is C19H19N5O3. The van der Waals surface area contributed by atoms with E-state index in [0.717, 1.165) is 17.5 Å². The lowest BCUT2D eigenvalue weighted by atomic mass is 9.98. The smallest absolute Gasteiger partial charge is 0.274 e. The number of hydrogen-bond acceptors (Lipinski definition) is 6. The molecule has 8 heteroatoms. The molecule has 0 unspecified atom stereocenters. The molecule has 0 bridgehead atoms. The topological polar surface area (TPSA) is 82.4 Å². The fourth-order valence-electron chi connectivity index (χ4n) is 3.18. The van der Waals surface area contributed by atoms with Gasteiger partial charge in [-0.1, -0.05) is 0 Å². The highest BCUT2D eigenvalue weighted by molar-refractivity contribution is 5.92. The van der Waals surface area contributed by atoms with Crippen LogP contribution in [0.15, 0.2) is 42.7 Å². The number of carbonyl (C=O) groups is 1. The van der Waals surface area contributed by atoms with Crippen molar-refractivity contribution >= 4 is 5.91 Å². The molecular weight excluding hydrogens is 346 g/mol. The van der Waals surface area contributed by atoms with E-state index in [1.807, 2.05) is 12.1 Å². The Hall–Kier alpha value is -3.42. The zero-order valence-electron chi connectivity index (χ0n) is 15.1. The molecule has 0 saturated heterocycles. The van der Waals surface area contributed by atoms with Crippen molar-refractivity contribution in [2.24, 2.45) is 0 Å². The van der Waals surface area contributed by atoms with Crippen molar-refractivity contribution in [2.75, 3.05) is 20.8 Å². The summed E-state index contributed by atoms with van der Waals surface area (Å²) in [4.78, 5) is 14.6. The molecule has 0 radical (unpaired) electrons. The van der Waals surface area contributed by atoms with Crippen LogP contribution in [0, 0.1) is 0 Å². The van der Waals surface area contributed by atoms with Crippen molar-refractivity contribution in [3.8, 4) is 17.3 Å². The molecule has 0 saturated carbocycles. The second-order valence-electron chi connectivity index (χ2n) is 6.18. The van der Waals surface area contributed by atoms with Gasteiger partial charge in [-0.15, -0.1) is 10.2 Å². The Morgan fingerprint density at radius 3 is 2.48 bits per heavy atom. The van der Waals surface area contributed by atoms with Crippen LogP contribution in [0.1, 0.15) is 21.6 Å². The summed E-state index contributed by atoms with van der Waals surface area (Å²) in [5.41, 5.74) is 2.53. The predicted molar refractivity (Wildman–Crippen MR) is 97.1 cm³/mol. The second kappa shape index (κ2) is 7.06. The third-order valence-electron chi connectivity index (χ3n) is 4.61. The highest BCUT2D eigenvalue weighted by Crippen LogP contribution is 2.33. The zero-order valence-corrected chi connectivity index (χ0v) is 15.1. The fourth-order valence-corrected chi connectivity index (χ4v) is 3.18. The Labute approximate surface area is 156 Å². The molecule has 0 N–H and O–H groups in total. The van der Waals surface area contributed by atoms with Crippen LogP contribution in [0.25, 0.3) is 5.82 Å². The van der Waals surface area contributed by atoms with E-state index in [-0.39, 0.29) is 5.91 Å². The first-order chi connectivity index (χ1) is 13.2. The number of rotatable bonds is 4. The number of ether oxygens (including phenoxy) is 2. The molecule has 4 rings (SSSR count). The van der Waals surface area contributed by atoms with Gasteiger partial charge in [-0.25, -0.2) is 4.68 Å². The normalized spacial score (nSPS) is 13.2. The SMILES string of the molecule is COc1cc2c(cc1OC)CN(C(=O)c1ccc(-n3cccn3)nn1)CC2. The number of nitrogens with zero attached hydrogens (tertiary/aromatic N) is 5. The van der Waals surface area contributed by atoms with Gasteiger partial charge in [0.2, 0.25) is 0 Å². The largest absolute Gasteiger partial charge is 0.493 e. The van der Waals surface area contributed by atoms with E-state index in [4.69, 9.17) is 9.47 Å². The number of fused-ring (bicyclic) bond motifs is 1. The number of aromatic nitrogens is 4. The van der Waals surface area contributed by atoms with Crippen LogP contribution < -0.4 is 9.47 Å². The quantitative estimate of drug-likeness (QED) is 0.702. The summed E-state index contributed by atoms with van der Waals surface area (Å²) in [6, 6.07) is 9.12. The standard InChI is InChI=1S/C19H19N5O3/c1-26-16-10-13-6-9-23(12-14(13)11-17(16)27-2)19(25)15-4-5-18(22-21-15)24-8-3-7-20-24/h3-5,7-8,10-11H,6,9,12H2,1-2H3. The second-order valence-corrected chi connectivity index (χ2v) is 6.18. The van der Waals surface area contributed by atoms with Crippen molar-refractivity contribution in [1.29, 1.82) is 0 Å². The van der Waals surface area contributed by atoms with Crippen molar-refractivity contribution in [3.63, 3.8) is 0 Å². The third kappa shape index (κ3) is 3.21. The number of amides is 1. The van der Waals surface area contributed by atoms with Crippen molar-refractivity contribution in [2.45, 2.75) is 13.0 Å². The molecule has 1 aliphatic heterocycles. The minimum atomic E-state index is -0.144.